The summed E-state index contributed by atoms with van der Waals surface area (Å²) in [6.07, 6.45) is 4.59. The van der Waals surface area contributed by atoms with E-state index in [1.165, 1.54) is 16.1 Å². The summed E-state index contributed by atoms with van der Waals surface area (Å²) < 4.78 is 36.2. The predicted octanol–water partition coefficient (Wildman–Crippen LogP) is 3.03. The number of rotatable bonds is 6. The van der Waals surface area contributed by atoms with Gasteiger partial charge in [0.1, 0.15) is 5.75 Å². The molecule has 7 nitrogen and oxygen atoms in total. The van der Waals surface area contributed by atoms with Gasteiger partial charge in [-0.25, -0.2) is 13.2 Å². The third kappa shape index (κ3) is 6.09. The minimum absolute atomic E-state index is 0.0836. The van der Waals surface area contributed by atoms with Crippen LogP contribution in [0.15, 0.2) is 18.2 Å². The molecule has 0 N–H and O–H groups in total. The first-order chi connectivity index (χ1) is 13.7. The molecule has 8 heteroatoms. The highest BCUT2D eigenvalue weighted by Gasteiger charge is 2.25. The Hall–Kier alpha value is -1.80. The molecule has 1 saturated heterocycles. The van der Waals surface area contributed by atoms with E-state index in [1.807, 2.05) is 32.0 Å². The molecular weight excluding hydrogens is 392 g/mol. The molecule has 2 aliphatic heterocycles. The fourth-order valence-electron chi connectivity index (χ4n) is 3.90. The number of likely N-dealkylation sites (tertiary alicyclic amines) is 1. The molecule has 0 spiro atoms. The van der Waals surface area contributed by atoms with Crippen LogP contribution in [0.5, 0.6) is 5.75 Å². The fraction of sp³-hybridized carbons (Fsp3) is 0.667. The second-order valence-corrected chi connectivity index (χ2v) is 10.3. The summed E-state index contributed by atoms with van der Waals surface area (Å²) in [6, 6.07) is 5.94. The minimum atomic E-state index is -3.15. The van der Waals surface area contributed by atoms with E-state index in [-0.39, 0.29) is 12.2 Å². The minimum Gasteiger partial charge on any atom is -0.494 e. The molecular formula is C21H32N2O5S. The zero-order valence-corrected chi connectivity index (χ0v) is 18.4. The number of piperidine rings is 1. The number of nitrogens with zero attached hydrogens (tertiary/aromatic N) is 2. The maximum absolute atomic E-state index is 11.9. The molecule has 1 aromatic carbocycles. The number of benzene rings is 1. The first-order valence-electron chi connectivity index (χ1n) is 10.4. The Balaban J connectivity index is 1.42. The Kier molecular flexibility index (Phi) is 7.05. The van der Waals surface area contributed by atoms with Crippen molar-refractivity contribution >= 4 is 16.1 Å². The zero-order valence-electron chi connectivity index (χ0n) is 17.6. The van der Waals surface area contributed by atoms with Gasteiger partial charge in [0.25, 0.3) is 0 Å². The van der Waals surface area contributed by atoms with Gasteiger partial charge in [-0.15, -0.1) is 0 Å². The number of carbonyl (C=O) groups is 1. The highest BCUT2D eigenvalue weighted by atomic mass is 32.2. The van der Waals surface area contributed by atoms with Crippen molar-refractivity contribution in [3.05, 3.63) is 29.3 Å². The smallest absolute Gasteiger partial charge is 0.410 e. The molecule has 0 unspecified atom stereocenters. The third-order valence-corrected chi connectivity index (χ3v) is 6.88. The summed E-state index contributed by atoms with van der Waals surface area (Å²) in [7, 11) is -3.15. The number of hydrogen-bond acceptors (Lipinski definition) is 5. The van der Waals surface area contributed by atoms with E-state index in [0.717, 1.165) is 43.7 Å². The quantitative estimate of drug-likeness (QED) is 0.702. The number of fused-ring (bicyclic) bond motifs is 1. The van der Waals surface area contributed by atoms with E-state index in [0.29, 0.717) is 32.0 Å². The van der Waals surface area contributed by atoms with Gasteiger partial charge in [-0.05, 0) is 68.7 Å². The van der Waals surface area contributed by atoms with Crippen LogP contribution in [0, 0.1) is 5.92 Å². The van der Waals surface area contributed by atoms with Gasteiger partial charge >= 0.3 is 6.09 Å². The van der Waals surface area contributed by atoms with E-state index >= 15 is 0 Å². The van der Waals surface area contributed by atoms with Crippen molar-refractivity contribution in [2.45, 2.75) is 52.2 Å². The van der Waals surface area contributed by atoms with Crippen molar-refractivity contribution in [2.75, 3.05) is 32.5 Å². The van der Waals surface area contributed by atoms with Gasteiger partial charge in [0.2, 0.25) is 10.0 Å². The second-order valence-electron chi connectivity index (χ2n) is 8.28. The highest BCUT2D eigenvalue weighted by Crippen LogP contribution is 2.26. The number of ether oxygens (including phenoxy) is 2. The van der Waals surface area contributed by atoms with Crippen LogP contribution in [0.2, 0.25) is 0 Å². The topological polar surface area (TPSA) is 76.2 Å². The van der Waals surface area contributed by atoms with Gasteiger partial charge in [0, 0.05) is 26.2 Å². The van der Waals surface area contributed by atoms with Crippen molar-refractivity contribution < 1.29 is 22.7 Å². The number of hydrogen-bond donors (Lipinski definition) is 0. The number of sulfonamides is 1. The van der Waals surface area contributed by atoms with Crippen molar-refractivity contribution in [1.29, 1.82) is 0 Å². The second kappa shape index (κ2) is 9.34. The van der Waals surface area contributed by atoms with Gasteiger partial charge in [0.05, 0.1) is 19.0 Å². The Morgan fingerprint density at radius 1 is 1.17 bits per heavy atom. The lowest BCUT2D eigenvalue weighted by Gasteiger charge is -2.31. The van der Waals surface area contributed by atoms with Gasteiger partial charge in [-0.2, -0.15) is 4.31 Å². The maximum atomic E-state index is 11.9. The lowest BCUT2D eigenvalue weighted by molar-refractivity contribution is 0.0637. The van der Waals surface area contributed by atoms with Crippen LogP contribution in [0.3, 0.4) is 0 Å². The van der Waals surface area contributed by atoms with Crippen molar-refractivity contribution in [3.8, 4) is 5.75 Å². The zero-order chi connectivity index (χ0) is 21.0. The normalized spacial score (nSPS) is 18.6. The molecule has 29 heavy (non-hydrogen) atoms. The Bertz CT molecular complexity index is 816. The molecule has 1 amide bonds. The molecule has 0 bridgehead atoms. The Morgan fingerprint density at radius 2 is 1.90 bits per heavy atom. The van der Waals surface area contributed by atoms with E-state index < -0.39 is 10.0 Å². The van der Waals surface area contributed by atoms with Crippen molar-refractivity contribution in [2.24, 2.45) is 5.92 Å². The molecule has 0 saturated carbocycles. The summed E-state index contributed by atoms with van der Waals surface area (Å²) in [5.74, 6) is 1.40. The van der Waals surface area contributed by atoms with Crippen LogP contribution >= 0.6 is 0 Å². The van der Waals surface area contributed by atoms with Crippen LogP contribution in [0.1, 0.15) is 44.2 Å². The lowest BCUT2D eigenvalue weighted by atomic mass is 9.94. The molecule has 2 aliphatic rings. The maximum Gasteiger partial charge on any atom is 0.410 e. The van der Waals surface area contributed by atoms with Crippen LogP contribution in [-0.2, 0) is 27.7 Å². The summed E-state index contributed by atoms with van der Waals surface area (Å²) in [4.78, 5) is 13.7. The molecule has 1 aromatic rings. The summed E-state index contributed by atoms with van der Waals surface area (Å²) in [5.41, 5.74) is 2.22. The van der Waals surface area contributed by atoms with E-state index in [2.05, 4.69) is 0 Å². The van der Waals surface area contributed by atoms with Gasteiger partial charge in [0.15, 0.2) is 0 Å². The standard InChI is InChI=1S/C21H32N2O5S/c1-16(2)28-21(24)22-10-6-17(7-11-22)9-13-27-20-5-4-19-15-23(29(3,25)26)12-8-18(19)14-20/h4-5,14,16-17H,6-13,15H2,1-3H3. The largest absolute Gasteiger partial charge is 0.494 e. The molecule has 0 aromatic heterocycles. The van der Waals surface area contributed by atoms with E-state index in [1.54, 1.807) is 4.90 Å². The SMILES string of the molecule is CC(C)OC(=O)N1CCC(CCOc2ccc3c(c2)CCN(S(C)(=O)=O)C3)CC1. The molecule has 162 valence electrons. The lowest BCUT2D eigenvalue weighted by Crippen LogP contribution is -2.39. The van der Waals surface area contributed by atoms with Gasteiger partial charge in [-0.1, -0.05) is 6.07 Å². The fourth-order valence-corrected chi connectivity index (χ4v) is 4.70. The molecule has 1 fully saturated rings. The number of amides is 1. The molecule has 0 radical (unpaired) electrons. The number of carbonyl (C=O) groups excluding carboxylic acids is 1. The van der Waals surface area contributed by atoms with Gasteiger partial charge in [-0.3, -0.25) is 0 Å². The highest BCUT2D eigenvalue weighted by molar-refractivity contribution is 7.88. The van der Waals surface area contributed by atoms with Crippen molar-refractivity contribution in [3.63, 3.8) is 0 Å². The predicted molar refractivity (Wildman–Crippen MR) is 111 cm³/mol. The average Bonchev–Trinajstić information content (AvgIpc) is 2.67. The van der Waals surface area contributed by atoms with E-state index in [9.17, 15) is 13.2 Å². The summed E-state index contributed by atoms with van der Waals surface area (Å²) in [5, 5.41) is 0. The summed E-state index contributed by atoms with van der Waals surface area (Å²) in [6.45, 7) is 6.82. The first-order valence-corrected chi connectivity index (χ1v) is 12.2. The van der Waals surface area contributed by atoms with Crippen LogP contribution < -0.4 is 4.74 Å². The van der Waals surface area contributed by atoms with E-state index in [4.69, 9.17) is 9.47 Å². The van der Waals surface area contributed by atoms with Gasteiger partial charge < -0.3 is 14.4 Å². The molecule has 0 atom stereocenters. The third-order valence-electron chi connectivity index (χ3n) is 5.63. The van der Waals surface area contributed by atoms with Crippen LogP contribution in [0.25, 0.3) is 0 Å². The van der Waals surface area contributed by atoms with Crippen LogP contribution in [-0.4, -0.2) is 62.3 Å². The van der Waals surface area contributed by atoms with Crippen LogP contribution in [0.4, 0.5) is 4.79 Å². The molecule has 2 heterocycles. The average molecular weight is 425 g/mol. The Labute approximate surface area is 174 Å². The van der Waals surface area contributed by atoms with Crippen molar-refractivity contribution in [1.82, 2.24) is 9.21 Å². The monoisotopic (exact) mass is 424 g/mol. The molecule has 3 rings (SSSR count). The summed E-state index contributed by atoms with van der Waals surface area (Å²) >= 11 is 0. The molecule has 0 aliphatic carbocycles. The first kappa shape index (κ1) is 21.9. The Morgan fingerprint density at radius 3 is 2.55 bits per heavy atom.